The van der Waals surface area contributed by atoms with Gasteiger partial charge in [0.1, 0.15) is 5.72 Å². The molecule has 4 heteroatoms. The smallest absolute Gasteiger partial charge is 0.233 e. The Morgan fingerprint density at radius 3 is 2.86 bits per heavy atom. The largest absolute Gasteiger partial charge is 0.390 e. The molecule has 0 aromatic heterocycles. The summed E-state index contributed by atoms with van der Waals surface area (Å²) in [6.07, 6.45) is 0.409. The molecular weight excluding hydrogens is 266 g/mol. The average molecular weight is 285 g/mol. The number of para-hydroxylation sites is 1. The Balaban J connectivity index is 1.69. The summed E-state index contributed by atoms with van der Waals surface area (Å²) in [5.41, 5.74) is 1.46. The molecule has 7 unspecified atom stereocenters. The average Bonchev–Trinajstić information content (AvgIpc) is 3.09. The number of anilines is 1. The number of nitrogens with zero attached hydrogens (tertiary/aromatic N) is 1. The second-order valence-corrected chi connectivity index (χ2v) is 7.20. The van der Waals surface area contributed by atoms with Crippen LogP contribution >= 0.6 is 0 Å². The van der Waals surface area contributed by atoms with Crippen molar-refractivity contribution in [2.75, 3.05) is 4.90 Å². The minimum atomic E-state index is -0.588. The monoisotopic (exact) mass is 285 g/mol. The van der Waals surface area contributed by atoms with Gasteiger partial charge in [0.05, 0.1) is 18.1 Å². The van der Waals surface area contributed by atoms with Gasteiger partial charge in [0.25, 0.3) is 0 Å². The maximum Gasteiger partial charge on any atom is 0.233 e. The molecule has 110 valence electrons. The topological polar surface area (TPSA) is 49.8 Å². The van der Waals surface area contributed by atoms with E-state index in [0.29, 0.717) is 5.92 Å². The molecule has 0 spiro atoms. The van der Waals surface area contributed by atoms with Crippen molar-refractivity contribution in [1.29, 1.82) is 0 Å². The quantitative estimate of drug-likeness (QED) is 0.854. The number of aliphatic hydroxyl groups is 1. The number of amides is 1. The predicted octanol–water partition coefficient (Wildman–Crippen LogP) is 1.70. The van der Waals surface area contributed by atoms with Crippen molar-refractivity contribution < 1.29 is 14.6 Å². The zero-order valence-corrected chi connectivity index (χ0v) is 12.2. The van der Waals surface area contributed by atoms with E-state index in [1.807, 2.05) is 43.0 Å². The fraction of sp³-hybridized carbons (Fsp3) is 0.588. The van der Waals surface area contributed by atoms with Gasteiger partial charge in [-0.15, -0.1) is 0 Å². The Morgan fingerprint density at radius 2 is 2.10 bits per heavy atom. The first-order chi connectivity index (χ1) is 10.0. The van der Waals surface area contributed by atoms with E-state index in [1.54, 1.807) is 0 Å². The van der Waals surface area contributed by atoms with Crippen molar-refractivity contribution in [2.45, 2.75) is 38.2 Å². The zero-order valence-electron chi connectivity index (χ0n) is 12.2. The van der Waals surface area contributed by atoms with Crippen molar-refractivity contribution >= 4 is 11.6 Å². The molecule has 2 aliphatic carbocycles. The van der Waals surface area contributed by atoms with Crippen LogP contribution in [0.2, 0.25) is 0 Å². The molecule has 2 saturated heterocycles. The molecule has 4 aliphatic rings. The molecule has 2 aliphatic heterocycles. The number of hydrogen-bond acceptors (Lipinski definition) is 3. The Bertz CT molecular complexity index is 659. The number of carbonyl (C=O) groups excluding carboxylic acids is 1. The summed E-state index contributed by atoms with van der Waals surface area (Å²) in [5.74, 6) is 0.754. The summed E-state index contributed by atoms with van der Waals surface area (Å²) in [6, 6.07) is 7.98. The highest BCUT2D eigenvalue weighted by Crippen LogP contribution is 2.67. The van der Waals surface area contributed by atoms with Gasteiger partial charge in [-0.3, -0.25) is 9.69 Å². The maximum absolute atomic E-state index is 13.1. The van der Waals surface area contributed by atoms with Crippen molar-refractivity contribution in [1.82, 2.24) is 0 Å². The summed E-state index contributed by atoms with van der Waals surface area (Å²) >= 11 is 0. The highest BCUT2D eigenvalue weighted by atomic mass is 16.6. The minimum Gasteiger partial charge on any atom is -0.390 e. The van der Waals surface area contributed by atoms with Gasteiger partial charge in [-0.2, -0.15) is 0 Å². The van der Waals surface area contributed by atoms with Crippen LogP contribution in [0.5, 0.6) is 0 Å². The van der Waals surface area contributed by atoms with Crippen molar-refractivity contribution in [2.24, 2.45) is 23.7 Å². The molecular formula is C17H19NO3. The standard InChI is InChI=1S/C17H19NO3/c1-8-5-3-4-6-11(8)18-16(20)12-9-7-10-13(12)17(18,2)21-15(10)14(9)19/h3-6,9-10,12-15,19H,7H2,1-2H3. The Labute approximate surface area is 123 Å². The number of aliphatic hydroxyl groups excluding tert-OH is 1. The van der Waals surface area contributed by atoms with Gasteiger partial charge in [0.15, 0.2) is 0 Å². The van der Waals surface area contributed by atoms with E-state index >= 15 is 0 Å². The summed E-state index contributed by atoms with van der Waals surface area (Å²) in [7, 11) is 0. The number of aryl methyl sites for hydroxylation is 1. The van der Waals surface area contributed by atoms with Crippen LogP contribution in [0.25, 0.3) is 0 Å². The van der Waals surface area contributed by atoms with Crippen LogP contribution in [0.1, 0.15) is 18.9 Å². The molecule has 0 radical (unpaired) electrons. The van der Waals surface area contributed by atoms with E-state index < -0.39 is 11.8 Å². The number of benzene rings is 1. The first-order valence-electron chi connectivity index (χ1n) is 7.79. The molecule has 1 aromatic carbocycles. The maximum atomic E-state index is 13.1. The van der Waals surface area contributed by atoms with Crippen LogP contribution in [-0.2, 0) is 9.53 Å². The van der Waals surface area contributed by atoms with Gasteiger partial charge in [-0.25, -0.2) is 0 Å². The third kappa shape index (κ3) is 1.16. The highest BCUT2D eigenvalue weighted by Gasteiger charge is 2.77. The van der Waals surface area contributed by atoms with Crippen molar-refractivity contribution in [3.8, 4) is 0 Å². The van der Waals surface area contributed by atoms with E-state index in [-0.39, 0.29) is 29.8 Å². The molecule has 4 nitrogen and oxygen atoms in total. The lowest BCUT2D eigenvalue weighted by atomic mass is 9.77. The third-order valence-electron chi connectivity index (χ3n) is 6.35. The normalized spacial score (nSPS) is 49.5. The molecule has 2 bridgehead atoms. The van der Waals surface area contributed by atoms with Gasteiger partial charge in [0, 0.05) is 11.6 Å². The van der Waals surface area contributed by atoms with E-state index in [9.17, 15) is 9.90 Å². The van der Waals surface area contributed by atoms with Crippen LogP contribution in [0.15, 0.2) is 24.3 Å². The predicted molar refractivity (Wildman–Crippen MR) is 76.5 cm³/mol. The summed E-state index contributed by atoms with van der Waals surface area (Å²) in [6.45, 7) is 4.07. The van der Waals surface area contributed by atoms with Crippen LogP contribution in [0, 0.1) is 30.6 Å². The van der Waals surface area contributed by atoms with Crippen LogP contribution in [-0.4, -0.2) is 28.9 Å². The lowest BCUT2D eigenvalue weighted by molar-refractivity contribution is -0.131. The van der Waals surface area contributed by atoms with E-state index in [1.165, 1.54) is 0 Å². The first kappa shape index (κ1) is 12.2. The molecule has 4 fully saturated rings. The lowest BCUT2D eigenvalue weighted by Crippen LogP contribution is -2.49. The molecule has 1 aromatic rings. The van der Waals surface area contributed by atoms with Gasteiger partial charge < -0.3 is 9.84 Å². The zero-order chi connectivity index (χ0) is 14.5. The molecule has 2 heterocycles. The van der Waals surface area contributed by atoms with E-state index in [2.05, 4.69) is 0 Å². The number of hydrogen-bond donors (Lipinski definition) is 1. The molecule has 5 rings (SSSR count). The fourth-order valence-electron chi connectivity index (χ4n) is 5.65. The second kappa shape index (κ2) is 3.50. The number of ether oxygens (including phenoxy) is 1. The van der Waals surface area contributed by atoms with Crippen molar-refractivity contribution in [3.63, 3.8) is 0 Å². The first-order valence-corrected chi connectivity index (χ1v) is 7.79. The Morgan fingerprint density at radius 1 is 1.33 bits per heavy atom. The van der Waals surface area contributed by atoms with Crippen molar-refractivity contribution in [3.05, 3.63) is 29.8 Å². The van der Waals surface area contributed by atoms with E-state index in [0.717, 1.165) is 17.7 Å². The summed E-state index contributed by atoms with van der Waals surface area (Å²) in [4.78, 5) is 14.9. The van der Waals surface area contributed by atoms with Gasteiger partial charge >= 0.3 is 0 Å². The summed E-state index contributed by atoms with van der Waals surface area (Å²) < 4.78 is 6.28. The molecule has 7 atom stereocenters. The van der Waals surface area contributed by atoms with E-state index in [4.69, 9.17) is 4.74 Å². The lowest BCUT2D eigenvalue weighted by Gasteiger charge is -2.36. The number of carbonyl (C=O) groups is 1. The fourth-order valence-corrected chi connectivity index (χ4v) is 5.65. The van der Waals surface area contributed by atoms with Gasteiger partial charge in [0.2, 0.25) is 5.91 Å². The Kier molecular flexibility index (Phi) is 2.03. The minimum absolute atomic E-state index is 0.0617. The third-order valence-corrected chi connectivity index (χ3v) is 6.35. The van der Waals surface area contributed by atoms with Crippen LogP contribution in [0.4, 0.5) is 5.69 Å². The van der Waals surface area contributed by atoms with Gasteiger partial charge in [-0.1, -0.05) is 18.2 Å². The number of rotatable bonds is 1. The molecule has 1 N–H and O–H groups in total. The summed E-state index contributed by atoms with van der Waals surface area (Å²) in [5, 5.41) is 10.4. The molecule has 1 amide bonds. The van der Waals surface area contributed by atoms with Crippen LogP contribution < -0.4 is 4.90 Å². The van der Waals surface area contributed by atoms with Gasteiger partial charge in [-0.05, 0) is 43.7 Å². The Hall–Kier alpha value is -1.39. The SMILES string of the molecule is Cc1ccccc1N1C(=O)C2C3CC4C(OC1(C)C42)C3O. The van der Waals surface area contributed by atoms with Crippen LogP contribution in [0.3, 0.4) is 0 Å². The number of fused-ring (bicyclic) bond motifs is 2. The highest BCUT2D eigenvalue weighted by molar-refractivity contribution is 6.00. The molecule has 21 heavy (non-hydrogen) atoms. The second-order valence-electron chi connectivity index (χ2n) is 7.20. The molecule has 2 saturated carbocycles.